The van der Waals surface area contributed by atoms with Crippen molar-refractivity contribution in [2.45, 2.75) is 13.8 Å². The molecule has 5 nitrogen and oxygen atoms in total. The first-order valence-electron chi connectivity index (χ1n) is 6.61. The van der Waals surface area contributed by atoms with E-state index in [4.69, 9.17) is 4.74 Å². The van der Waals surface area contributed by atoms with E-state index in [0.717, 1.165) is 22.0 Å². The van der Waals surface area contributed by atoms with Gasteiger partial charge in [-0.2, -0.15) is 5.10 Å². The number of benzene rings is 1. The van der Waals surface area contributed by atoms with Gasteiger partial charge in [-0.25, -0.2) is 4.98 Å². The average Bonchev–Trinajstić information content (AvgIpc) is 3.08. The fourth-order valence-corrected chi connectivity index (χ4v) is 2.77. The molecule has 0 radical (unpaired) electrons. The molecule has 0 aliphatic rings. The highest BCUT2D eigenvalue weighted by Gasteiger charge is 2.15. The van der Waals surface area contributed by atoms with Gasteiger partial charge in [-0.05, 0) is 26.0 Å². The van der Waals surface area contributed by atoms with E-state index in [9.17, 15) is 5.11 Å². The molecule has 108 valence electrons. The van der Waals surface area contributed by atoms with E-state index in [1.54, 1.807) is 23.6 Å². The van der Waals surface area contributed by atoms with Gasteiger partial charge in [0, 0.05) is 22.6 Å². The summed E-state index contributed by atoms with van der Waals surface area (Å²) in [5.74, 6) is 0.794. The molecule has 0 bridgehead atoms. The van der Waals surface area contributed by atoms with Crippen molar-refractivity contribution in [3.05, 3.63) is 34.8 Å². The Bertz CT molecular complexity index is 764. The maximum absolute atomic E-state index is 10.2. The first kappa shape index (κ1) is 13.6. The van der Waals surface area contributed by atoms with Crippen LogP contribution in [0, 0.1) is 6.92 Å². The van der Waals surface area contributed by atoms with Crippen molar-refractivity contribution in [2.24, 2.45) is 0 Å². The van der Waals surface area contributed by atoms with Crippen LogP contribution in [0.5, 0.6) is 11.5 Å². The fourth-order valence-electron chi connectivity index (χ4n) is 2.15. The maximum atomic E-state index is 10.2. The first-order valence-corrected chi connectivity index (χ1v) is 7.49. The van der Waals surface area contributed by atoms with Gasteiger partial charge in [0.1, 0.15) is 11.5 Å². The standard InChI is InChI=1S/C15H15N3O2S/c1-3-20-10-4-5-11(14(19)6-10)15-12(7-16-18-15)13-8-21-9(2)17-13/h4-8,19H,3H2,1-2H3,(H,16,18). The van der Waals surface area contributed by atoms with Crippen LogP contribution in [0.4, 0.5) is 0 Å². The molecule has 2 aromatic heterocycles. The third-order valence-corrected chi connectivity index (χ3v) is 3.86. The third kappa shape index (κ3) is 2.62. The number of H-pyrrole nitrogens is 1. The van der Waals surface area contributed by atoms with Crippen molar-refractivity contribution < 1.29 is 9.84 Å². The summed E-state index contributed by atoms with van der Waals surface area (Å²) in [7, 11) is 0. The van der Waals surface area contributed by atoms with Crippen molar-refractivity contribution in [3.63, 3.8) is 0 Å². The predicted octanol–water partition coefficient (Wildman–Crippen LogP) is 3.61. The van der Waals surface area contributed by atoms with Gasteiger partial charge in [-0.3, -0.25) is 5.10 Å². The Kier molecular flexibility index (Phi) is 3.62. The van der Waals surface area contributed by atoms with E-state index >= 15 is 0 Å². The normalized spacial score (nSPS) is 10.8. The average molecular weight is 301 g/mol. The van der Waals surface area contributed by atoms with Gasteiger partial charge in [-0.1, -0.05) is 0 Å². The van der Waals surface area contributed by atoms with Gasteiger partial charge < -0.3 is 9.84 Å². The van der Waals surface area contributed by atoms with Crippen LogP contribution in [0.15, 0.2) is 29.8 Å². The Morgan fingerprint density at radius 3 is 2.86 bits per heavy atom. The molecular formula is C15H15N3O2S. The molecule has 0 atom stereocenters. The number of nitrogens with one attached hydrogen (secondary N) is 1. The number of aromatic hydroxyl groups is 1. The van der Waals surface area contributed by atoms with E-state index in [2.05, 4.69) is 15.2 Å². The summed E-state index contributed by atoms with van der Waals surface area (Å²) in [6, 6.07) is 5.25. The Morgan fingerprint density at radius 2 is 2.19 bits per heavy atom. The number of aromatic nitrogens is 3. The van der Waals surface area contributed by atoms with Gasteiger partial charge in [0.05, 0.1) is 29.2 Å². The van der Waals surface area contributed by atoms with Gasteiger partial charge in [-0.15, -0.1) is 11.3 Å². The number of phenols is 1. The lowest BCUT2D eigenvalue weighted by molar-refractivity contribution is 0.338. The number of thiazole rings is 1. The summed E-state index contributed by atoms with van der Waals surface area (Å²) in [4.78, 5) is 4.47. The van der Waals surface area contributed by atoms with Crippen LogP contribution >= 0.6 is 11.3 Å². The van der Waals surface area contributed by atoms with Crippen LogP contribution in [0.1, 0.15) is 11.9 Å². The second kappa shape index (κ2) is 5.57. The minimum Gasteiger partial charge on any atom is -0.507 e. The van der Waals surface area contributed by atoms with Crippen molar-refractivity contribution in [2.75, 3.05) is 6.61 Å². The van der Waals surface area contributed by atoms with Crippen LogP contribution in [0.3, 0.4) is 0 Å². The highest BCUT2D eigenvalue weighted by Crippen LogP contribution is 2.37. The molecule has 3 rings (SSSR count). The lowest BCUT2D eigenvalue weighted by Gasteiger charge is -2.08. The summed E-state index contributed by atoms with van der Waals surface area (Å²) >= 11 is 1.58. The Hall–Kier alpha value is -2.34. The molecular weight excluding hydrogens is 286 g/mol. The minimum absolute atomic E-state index is 0.151. The second-order valence-electron chi connectivity index (χ2n) is 4.52. The molecule has 21 heavy (non-hydrogen) atoms. The predicted molar refractivity (Wildman–Crippen MR) is 82.7 cm³/mol. The summed E-state index contributed by atoms with van der Waals surface area (Å²) in [5.41, 5.74) is 3.16. The van der Waals surface area contributed by atoms with Crippen molar-refractivity contribution >= 4 is 11.3 Å². The van der Waals surface area contributed by atoms with E-state index in [1.807, 2.05) is 31.4 Å². The number of nitrogens with zero attached hydrogens (tertiary/aromatic N) is 2. The van der Waals surface area contributed by atoms with E-state index in [1.165, 1.54) is 0 Å². The van der Waals surface area contributed by atoms with Gasteiger partial charge in [0.2, 0.25) is 0 Å². The second-order valence-corrected chi connectivity index (χ2v) is 5.58. The molecule has 0 saturated heterocycles. The van der Waals surface area contributed by atoms with E-state index < -0.39 is 0 Å². The molecule has 0 saturated carbocycles. The number of rotatable bonds is 4. The summed E-state index contributed by atoms with van der Waals surface area (Å²) in [6.45, 7) is 4.43. The van der Waals surface area contributed by atoms with Gasteiger partial charge in [0.25, 0.3) is 0 Å². The quantitative estimate of drug-likeness (QED) is 0.772. The highest BCUT2D eigenvalue weighted by atomic mass is 32.1. The van der Waals surface area contributed by atoms with E-state index in [0.29, 0.717) is 17.9 Å². The number of hydrogen-bond donors (Lipinski definition) is 2. The molecule has 3 aromatic rings. The largest absolute Gasteiger partial charge is 0.507 e. The van der Waals surface area contributed by atoms with Crippen LogP contribution in [0.25, 0.3) is 22.5 Å². The number of ether oxygens (including phenoxy) is 1. The molecule has 0 aliphatic heterocycles. The van der Waals surface area contributed by atoms with Crippen LogP contribution < -0.4 is 4.74 Å². The molecule has 6 heteroatoms. The van der Waals surface area contributed by atoms with E-state index in [-0.39, 0.29) is 5.75 Å². The van der Waals surface area contributed by atoms with Crippen molar-refractivity contribution in [1.82, 2.24) is 15.2 Å². The molecule has 0 amide bonds. The fraction of sp³-hybridized carbons (Fsp3) is 0.200. The topological polar surface area (TPSA) is 71.0 Å². The third-order valence-electron chi connectivity index (χ3n) is 3.08. The summed E-state index contributed by atoms with van der Waals surface area (Å²) < 4.78 is 5.38. The number of phenolic OH excluding ortho intramolecular Hbond substituents is 1. The van der Waals surface area contributed by atoms with Crippen LogP contribution in [0.2, 0.25) is 0 Å². The highest BCUT2D eigenvalue weighted by molar-refractivity contribution is 7.09. The Labute approximate surface area is 126 Å². The zero-order valence-corrected chi connectivity index (χ0v) is 12.6. The smallest absolute Gasteiger partial charge is 0.128 e. The molecule has 0 aliphatic carbocycles. The molecule has 2 heterocycles. The van der Waals surface area contributed by atoms with Crippen LogP contribution in [-0.4, -0.2) is 26.9 Å². The first-order chi connectivity index (χ1) is 10.2. The lowest BCUT2D eigenvalue weighted by Crippen LogP contribution is -1.91. The monoisotopic (exact) mass is 301 g/mol. The number of hydrogen-bond acceptors (Lipinski definition) is 5. The minimum atomic E-state index is 0.151. The molecule has 0 fully saturated rings. The number of aryl methyl sites for hydroxylation is 1. The Morgan fingerprint density at radius 1 is 1.33 bits per heavy atom. The van der Waals surface area contributed by atoms with Crippen molar-refractivity contribution in [3.8, 4) is 34.0 Å². The zero-order chi connectivity index (χ0) is 14.8. The maximum Gasteiger partial charge on any atom is 0.128 e. The molecule has 2 N–H and O–H groups in total. The molecule has 0 spiro atoms. The summed E-state index contributed by atoms with van der Waals surface area (Å²) in [5, 5.41) is 20.2. The van der Waals surface area contributed by atoms with Crippen molar-refractivity contribution in [1.29, 1.82) is 0 Å². The molecule has 1 aromatic carbocycles. The lowest BCUT2D eigenvalue weighted by atomic mass is 10.1. The zero-order valence-electron chi connectivity index (χ0n) is 11.8. The summed E-state index contributed by atoms with van der Waals surface area (Å²) in [6.07, 6.45) is 1.72. The van der Waals surface area contributed by atoms with Gasteiger partial charge in [0.15, 0.2) is 0 Å². The molecule has 0 unspecified atom stereocenters. The Balaban J connectivity index is 2.04. The van der Waals surface area contributed by atoms with Gasteiger partial charge >= 0.3 is 0 Å². The number of aromatic amines is 1. The SMILES string of the molecule is CCOc1ccc(-c2[nH]ncc2-c2csc(C)n2)c(O)c1. The van der Waals surface area contributed by atoms with Crippen LogP contribution in [-0.2, 0) is 0 Å².